The van der Waals surface area contributed by atoms with Gasteiger partial charge in [-0.15, -0.1) is 0 Å². The minimum Gasteiger partial charge on any atom is -0.380 e. The molecule has 2 atom stereocenters. The first kappa shape index (κ1) is 15.0. The van der Waals surface area contributed by atoms with Gasteiger partial charge in [0.25, 0.3) is 0 Å². The zero-order valence-corrected chi connectivity index (χ0v) is 12.0. The zero-order valence-electron chi connectivity index (χ0n) is 12.0. The molecule has 1 saturated carbocycles. The molecule has 0 saturated heterocycles. The van der Waals surface area contributed by atoms with Crippen LogP contribution >= 0.6 is 0 Å². The van der Waals surface area contributed by atoms with Crippen LogP contribution < -0.4 is 5.32 Å². The highest BCUT2D eigenvalue weighted by Crippen LogP contribution is 2.26. The lowest BCUT2D eigenvalue weighted by atomic mass is 9.84. The van der Waals surface area contributed by atoms with Gasteiger partial charge in [0.15, 0.2) is 0 Å². The first-order chi connectivity index (χ1) is 8.27. The Morgan fingerprint density at radius 2 is 1.88 bits per heavy atom. The summed E-state index contributed by atoms with van der Waals surface area (Å²) in [5.74, 6) is 1.55. The molecule has 102 valence electrons. The van der Waals surface area contributed by atoms with Gasteiger partial charge in [-0.2, -0.15) is 0 Å². The van der Waals surface area contributed by atoms with Gasteiger partial charge in [0.1, 0.15) is 0 Å². The van der Waals surface area contributed by atoms with Crippen LogP contribution in [-0.2, 0) is 4.74 Å². The second kappa shape index (κ2) is 8.93. The van der Waals surface area contributed by atoms with Crippen LogP contribution in [0.15, 0.2) is 0 Å². The Morgan fingerprint density at radius 1 is 1.18 bits per heavy atom. The molecule has 0 bridgehead atoms. The molecule has 0 aromatic rings. The molecule has 2 nitrogen and oxygen atoms in total. The van der Waals surface area contributed by atoms with Crippen molar-refractivity contribution in [1.82, 2.24) is 5.32 Å². The van der Waals surface area contributed by atoms with Gasteiger partial charge >= 0.3 is 0 Å². The minimum absolute atomic E-state index is 0.573. The number of hydrogen-bond acceptors (Lipinski definition) is 2. The van der Waals surface area contributed by atoms with Crippen molar-refractivity contribution in [2.24, 2.45) is 11.8 Å². The fourth-order valence-electron chi connectivity index (χ4n) is 2.96. The van der Waals surface area contributed by atoms with Gasteiger partial charge in [-0.05, 0) is 38.1 Å². The summed E-state index contributed by atoms with van der Waals surface area (Å²) in [6.07, 6.45) is 9.58. The van der Waals surface area contributed by atoms with Crippen LogP contribution in [0.3, 0.4) is 0 Å². The molecule has 1 N–H and O–H groups in total. The van der Waals surface area contributed by atoms with Crippen molar-refractivity contribution in [2.45, 2.75) is 64.8 Å². The lowest BCUT2D eigenvalue weighted by molar-refractivity contribution is 0.0649. The van der Waals surface area contributed by atoms with E-state index < -0.39 is 0 Å². The fraction of sp³-hybridized carbons (Fsp3) is 1.00. The number of hydrogen-bond donors (Lipinski definition) is 1. The van der Waals surface area contributed by atoms with Gasteiger partial charge in [-0.25, -0.2) is 0 Å². The van der Waals surface area contributed by atoms with Crippen molar-refractivity contribution in [3.63, 3.8) is 0 Å². The Kier molecular flexibility index (Phi) is 7.87. The average molecular weight is 241 g/mol. The molecule has 1 aliphatic carbocycles. The van der Waals surface area contributed by atoms with Gasteiger partial charge in [-0.1, -0.05) is 39.5 Å². The van der Waals surface area contributed by atoms with Crippen LogP contribution in [0, 0.1) is 11.8 Å². The molecule has 0 amide bonds. The van der Waals surface area contributed by atoms with Gasteiger partial charge in [0.2, 0.25) is 0 Å². The quantitative estimate of drug-likeness (QED) is 0.701. The van der Waals surface area contributed by atoms with Crippen LogP contribution in [0.4, 0.5) is 0 Å². The summed E-state index contributed by atoms with van der Waals surface area (Å²) >= 11 is 0. The van der Waals surface area contributed by atoms with Crippen LogP contribution in [0.5, 0.6) is 0 Å². The van der Waals surface area contributed by atoms with Crippen molar-refractivity contribution in [2.75, 3.05) is 20.3 Å². The monoisotopic (exact) mass is 241 g/mol. The van der Waals surface area contributed by atoms with Crippen LogP contribution in [-0.4, -0.2) is 26.3 Å². The standard InChI is InChI=1S/C15H31NO/c1-4-8-13(2)11-17-12-15(16-3)14-9-6-5-7-10-14/h13-16H,4-12H2,1-3H3. The molecule has 1 aliphatic rings. The third kappa shape index (κ3) is 5.87. The smallest absolute Gasteiger partial charge is 0.0622 e. The molecular formula is C15H31NO. The van der Waals surface area contributed by atoms with Crippen molar-refractivity contribution < 1.29 is 4.74 Å². The van der Waals surface area contributed by atoms with Crippen LogP contribution in [0.25, 0.3) is 0 Å². The summed E-state index contributed by atoms with van der Waals surface area (Å²) in [7, 11) is 2.08. The van der Waals surface area contributed by atoms with E-state index in [1.54, 1.807) is 0 Å². The maximum Gasteiger partial charge on any atom is 0.0622 e. The van der Waals surface area contributed by atoms with E-state index in [2.05, 4.69) is 26.2 Å². The van der Waals surface area contributed by atoms with E-state index in [-0.39, 0.29) is 0 Å². The highest BCUT2D eigenvalue weighted by Gasteiger charge is 2.22. The Bertz CT molecular complexity index is 178. The number of likely N-dealkylation sites (N-methyl/N-ethyl adjacent to an activating group) is 1. The van der Waals surface area contributed by atoms with Gasteiger partial charge in [-0.3, -0.25) is 0 Å². The molecular weight excluding hydrogens is 210 g/mol. The third-order valence-electron chi connectivity index (χ3n) is 4.07. The lowest BCUT2D eigenvalue weighted by Crippen LogP contribution is -2.39. The van der Waals surface area contributed by atoms with Crippen molar-refractivity contribution >= 4 is 0 Å². The maximum absolute atomic E-state index is 5.89. The van der Waals surface area contributed by atoms with E-state index in [1.807, 2.05) is 0 Å². The van der Waals surface area contributed by atoms with E-state index in [4.69, 9.17) is 4.74 Å². The molecule has 2 unspecified atom stereocenters. The SMILES string of the molecule is CCCC(C)COCC(NC)C1CCCCC1. The Balaban J connectivity index is 2.17. The van der Waals surface area contributed by atoms with E-state index in [0.717, 1.165) is 19.1 Å². The van der Waals surface area contributed by atoms with E-state index in [0.29, 0.717) is 12.0 Å². The van der Waals surface area contributed by atoms with Gasteiger partial charge in [0, 0.05) is 12.6 Å². The predicted molar refractivity (Wildman–Crippen MR) is 74.3 cm³/mol. The first-order valence-corrected chi connectivity index (χ1v) is 7.53. The number of ether oxygens (including phenoxy) is 1. The fourth-order valence-corrected chi connectivity index (χ4v) is 2.96. The molecule has 1 fully saturated rings. The second-order valence-corrected chi connectivity index (χ2v) is 5.72. The Labute approximate surface area is 108 Å². The third-order valence-corrected chi connectivity index (χ3v) is 4.07. The topological polar surface area (TPSA) is 21.3 Å². The largest absolute Gasteiger partial charge is 0.380 e. The molecule has 0 aromatic heterocycles. The van der Waals surface area contributed by atoms with E-state index in [1.165, 1.54) is 44.9 Å². The number of nitrogens with one attached hydrogen (secondary N) is 1. The highest BCUT2D eigenvalue weighted by molar-refractivity contribution is 4.78. The van der Waals surface area contributed by atoms with Crippen molar-refractivity contribution in [3.8, 4) is 0 Å². The molecule has 1 rings (SSSR count). The zero-order chi connectivity index (χ0) is 12.5. The maximum atomic E-state index is 5.89. The molecule has 0 heterocycles. The molecule has 2 heteroatoms. The second-order valence-electron chi connectivity index (χ2n) is 5.72. The van der Waals surface area contributed by atoms with Crippen molar-refractivity contribution in [1.29, 1.82) is 0 Å². The normalized spacial score (nSPS) is 21.4. The van der Waals surface area contributed by atoms with Crippen LogP contribution in [0.2, 0.25) is 0 Å². The summed E-state index contributed by atoms with van der Waals surface area (Å²) in [6.45, 7) is 6.36. The highest BCUT2D eigenvalue weighted by atomic mass is 16.5. The predicted octanol–water partition coefficient (Wildman–Crippen LogP) is 3.61. The molecule has 0 spiro atoms. The summed E-state index contributed by atoms with van der Waals surface area (Å²) in [5, 5.41) is 3.45. The minimum atomic E-state index is 0.573. The molecule has 17 heavy (non-hydrogen) atoms. The van der Waals surface area contributed by atoms with Crippen molar-refractivity contribution in [3.05, 3.63) is 0 Å². The lowest BCUT2D eigenvalue weighted by Gasteiger charge is -2.30. The Morgan fingerprint density at radius 3 is 2.47 bits per heavy atom. The van der Waals surface area contributed by atoms with E-state index >= 15 is 0 Å². The Hall–Kier alpha value is -0.0800. The van der Waals surface area contributed by atoms with Gasteiger partial charge in [0.05, 0.1) is 6.61 Å². The number of rotatable bonds is 8. The molecule has 0 aliphatic heterocycles. The first-order valence-electron chi connectivity index (χ1n) is 7.53. The summed E-state index contributed by atoms with van der Waals surface area (Å²) in [4.78, 5) is 0. The summed E-state index contributed by atoms with van der Waals surface area (Å²) in [6, 6.07) is 0.573. The van der Waals surface area contributed by atoms with Gasteiger partial charge < -0.3 is 10.1 Å². The molecule has 0 radical (unpaired) electrons. The summed E-state index contributed by atoms with van der Waals surface area (Å²) in [5.41, 5.74) is 0. The van der Waals surface area contributed by atoms with E-state index in [9.17, 15) is 0 Å². The average Bonchev–Trinajstić information content (AvgIpc) is 2.36. The van der Waals surface area contributed by atoms with Crippen LogP contribution in [0.1, 0.15) is 58.8 Å². The molecule has 0 aromatic carbocycles. The summed E-state index contributed by atoms with van der Waals surface area (Å²) < 4.78 is 5.89.